The lowest BCUT2D eigenvalue weighted by molar-refractivity contribution is -0.142. The normalized spacial score (nSPS) is 28.3. The molecule has 2 aromatic heterocycles. The predicted octanol–water partition coefficient (Wildman–Crippen LogP) is -1.53. The standard InChI is InChI=1S/C16H24N6O5S/c1-16(18,15(25)26)3-4-28(2)5-8-10(23)11(24)14(27-8)22-7-21-9-12(17)19-6-20-13(9)22/h6-8,10-11,14,23-24H,3-5,18H2,1-2H3,(H2-,17,19,20,25,26)/p+1/t8-,10-,11-,14-,16?,28?/m1/s1. The molecule has 3 rings (SSSR count). The highest BCUT2D eigenvalue weighted by atomic mass is 32.2. The Hall–Kier alpha value is -1.99. The third kappa shape index (κ3) is 3.91. The molecule has 1 aliphatic heterocycles. The van der Waals surface area contributed by atoms with E-state index in [2.05, 4.69) is 15.0 Å². The summed E-state index contributed by atoms with van der Waals surface area (Å²) in [6.07, 6.45) is 1.24. The van der Waals surface area contributed by atoms with Crippen LogP contribution >= 0.6 is 0 Å². The minimum absolute atomic E-state index is 0.215. The van der Waals surface area contributed by atoms with Crippen LogP contribution < -0.4 is 11.5 Å². The fraction of sp³-hybridized carbons (Fsp3) is 0.625. The first-order valence-electron chi connectivity index (χ1n) is 8.68. The fourth-order valence-corrected chi connectivity index (χ4v) is 4.79. The van der Waals surface area contributed by atoms with Crippen LogP contribution in [0.1, 0.15) is 19.6 Å². The predicted molar refractivity (Wildman–Crippen MR) is 104 cm³/mol. The van der Waals surface area contributed by atoms with Crippen molar-refractivity contribution >= 4 is 33.8 Å². The summed E-state index contributed by atoms with van der Waals surface area (Å²) in [4.78, 5) is 23.3. The van der Waals surface area contributed by atoms with E-state index in [4.69, 9.17) is 21.3 Å². The van der Waals surface area contributed by atoms with E-state index in [9.17, 15) is 15.0 Å². The number of hydrogen-bond acceptors (Lipinski definition) is 9. The van der Waals surface area contributed by atoms with Crippen molar-refractivity contribution in [2.75, 3.05) is 23.5 Å². The van der Waals surface area contributed by atoms with Crippen molar-refractivity contribution in [2.24, 2.45) is 5.73 Å². The van der Waals surface area contributed by atoms with Crippen molar-refractivity contribution in [1.29, 1.82) is 0 Å². The first-order valence-corrected chi connectivity index (χ1v) is 10.6. The maximum absolute atomic E-state index is 11.1. The van der Waals surface area contributed by atoms with E-state index in [1.165, 1.54) is 24.1 Å². The van der Waals surface area contributed by atoms with Crippen LogP contribution in [0.2, 0.25) is 0 Å². The van der Waals surface area contributed by atoms with Gasteiger partial charge in [-0.05, 0) is 17.8 Å². The maximum atomic E-state index is 11.1. The van der Waals surface area contributed by atoms with Crippen molar-refractivity contribution in [3.05, 3.63) is 12.7 Å². The second kappa shape index (κ2) is 7.79. The fourth-order valence-electron chi connectivity index (χ4n) is 3.01. The monoisotopic (exact) mass is 413 g/mol. The summed E-state index contributed by atoms with van der Waals surface area (Å²) in [5.41, 5.74) is 11.0. The SMILES string of the molecule is C[S+](CCC(C)(N)C(=O)O)C[C@H]1O[C@@H](n2cnc3c(N)ncnc32)[C@H](O)[C@@H]1O. The molecule has 2 aromatic rings. The van der Waals surface area contributed by atoms with Gasteiger partial charge < -0.3 is 31.5 Å². The molecule has 0 spiro atoms. The zero-order valence-corrected chi connectivity index (χ0v) is 16.4. The molecule has 3 heterocycles. The lowest BCUT2D eigenvalue weighted by atomic mass is 10.0. The summed E-state index contributed by atoms with van der Waals surface area (Å²) in [5.74, 6) is 0.204. The Labute approximate surface area is 164 Å². The molecule has 0 aromatic carbocycles. The third-order valence-electron chi connectivity index (χ3n) is 4.91. The van der Waals surface area contributed by atoms with Gasteiger partial charge in [-0.3, -0.25) is 9.36 Å². The van der Waals surface area contributed by atoms with E-state index in [0.29, 0.717) is 29.1 Å². The van der Waals surface area contributed by atoms with Crippen LogP contribution in [-0.4, -0.2) is 82.4 Å². The number of anilines is 1. The number of aliphatic carboxylic acids is 1. The molecule has 0 radical (unpaired) electrons. The molecule has 0 bridgehead atoms. The van der Waals surface area contributed by atoms with Crippen LogP contribution in [-0.2, 0) is 20.4 Å². The first-order chi connectivity index (χ1) is 13.1. The number of carbonyl (C=O) groups is 1. The smallest absolute Gasteiger partial charge is 0.323 e. The highest BCUT2D eigenvalue weighted by Crippen LogP contribution is 2.32. The largest absolute Gasteiger partial charge is 0.480 e. The zero-order valence-electron chi connectivity index (χ0n) is 15.6. The number of imidazole rings is 1. The molecule has 28 heavy (non-hydrogen) atoms. The number of aliphatic hydroxyl groups excluding tert-OH is 2. The number of rotatable bonds is 7. The molecule has 6 atom stereocenters. The number of aliphatic hydroxyl groups is 2. The molecule has 0 amide bonds. The molecule has 1 fully saturated rings. The Morgan fingerprint density at radius 1 is 1.36 bits per heavy atom. The zero-order chi connectivity index (χ0) is 20.6. The van der Waals surface area contributed by atoms with Gasteiger partial charge in [0.25, 0.3) is 0 Å². The molecule has 154 valence electrons. The van der Waals surface area contributed by atoms with Crippen LogP contribution in [0.25, 0.3) is 11.2 Å². The number of fused-ring (bicyclic) bond motifs is 1. The van der Waals surface area contributed by atoms with Gasteiger partial charge in [-0.15, -0.1) is 0 Å². The topological polar surface area (TPSA) is 183 Å². The molecule has 11 nitrogen and oxygen atoms in total. The maximum Gasteiger partial charge on any atom is 0.323 e. The van der Waals surface area contributed by atoms with Gasteiger partial charge in [0.05, 0.1) is 12.6 Å². The number of carboxylic acid groups (broad SMARTS) is 1. The Kier molecular flexibility index (Phi) is 5.77. The van der Waals surface area contributed by atoms with Gasteiger partial charge in [0, 0.05) is 6.42 Å². The summed E-state index contributed by atoms with van der Waals surface area (Å²) in [6.45, 7) is 1.48. The number of ether oxygens (including phenoxy) is 1. The van der Waals surface area contributed by atoms with E-state index in [0.717, 1.165) is 0 Å². The molecule has 1 saturated heterocycles. The lowest BCUT2D eigenvalue weighted by Gasteiger charge is -2.19. The van der Waals surface area contributed by atoms with Gasteiger partial charge in [0.1, 0.15) is 47.2 Å². The highest BCUT2D eigenvalue weighted by Gasteiger charge is 2.46. The summed E-state index contributed by atoms with van der Waals surface area (Å²) in [7, 11) is -0.261. The van der Waals surface area contributed by atoms with Crippen LogP contribution in [0, 0.1) is 0 Å². The molecular formula is C16H25N6O5S+. The average molecular weight is 413 g/mol. The molecule has 12 heteroatoms. The highest BCUT2D eigenvalue weighted by molar-refractivity contribution is 7.96. The molecule has 1 aliphatic rings. The number of nitrogens with zero attached hydrogens (tertiary/aromatic N) is 4. The van der Waals surface area contributed by atoms with Crippen molar-refractivity contribution in [3.8, 4) is 0 Å². The van der Waals surface area contributed by atoms with Gasteiger partial charge in [0.2, 0.25) is 0 Å². The van der Waals surface area contributed by atoms with Gasteiger partial charge in [-0.2, -0.15) is 0 Å². The van der Waals surface area contributed by atoms with E-state index in [-0.39, 0.29) is 16.7 Å². The van der Waals surface area contributed by atoms with Crippen LogP contribution in [0.15, 0.2) is 12.7 Å². The molecule has 7 N–H and O–H groups in total. The van der Waals surface area contributed by atoms with E-state index in [1.54, 1.807) is 0 Å². The number of aromatic nitrogens is 4. The Morgan fingerprint density at radius 2 is 2.07 bits per heavy atom. The molecule has 0 saturated carbocycles. The molecule has 0 aliphatic carbocycles. The molecule has 2 unspecified atom stereocenters. The molecular weight excluding hydrogens is 388 g/mol. The quantitative estimate of drug-likeness (QED) is 0.334. The van der Waals surface area contributed by atoms with Crippen molar-refractivity contribution in [2.45, 2.75) is 43.4 Å². The average Bonchev–Trinajstić information content (AvgIpc) is 3.17. The number of nitrogens with two attached hydrogens (primary N) is 2. The Morgan fingerprint density at radius 3 is 2.75 bits per heavy atom. The van der Waals surface area contributed by atoms with Crippen molar-refractivity contribution in [3.63, 3.8) is 0 Å². The number of hydrogen-bond donors (Lipinski definition) is 5. The summed E-state index contributed by atoms with van der Waals surface area (Å²) >= 11 is 0. The van der Waals surface area contributed by atoms with Gasteiger partial charge in [-0.1, -0.05) is 0 Å². The summed E-state index contributed by atoms with van der Waals surface area (Å²) in [5, 5.41) is 30.0. The summed E-state index contributed by atoms with van der Waals surface area (Å²) < 4.78 is 7.43. The van der Waals surface area contributed by atoms with E-state index < -0.39 is 36.0 Å². The number of carboxylic acids is 1. The van der Waals surface area contributed by atoms with E-state index >= 15 is 0 Å². The van der Waals surface area contributed by atoms with Crippen LogP contribution in [0.3, 0.4) is 0 Å². The number of nitrogen functional groups attached to an aromatic ring is 1. The third-order valence-corrected chi connectivity index (χ3v) is 6.70. The first kappa shape index (κ1) is 20.7. The van der Waals surface area contributed by atoms with Gasteiger partial charge in [-0.25, -0.2) is 15.0 Å². The van der Waals surface area contributed by atoms with Crippen molar-refractivity contribution < 1.29 is 24.9 Å². The minimum atomic E-state index is -1.30. The second-order valence-corrected chi connectivity index (χ2v) is 9.56. The lowest BCUT2D eigenvalue weighted by Crippen LogP contribution is -2.46. The van der Waals surface area contributed by atoms with Crippen LogP contribution in [0.4, 0.5) is 5.82 Å². The van der Waals surface area contributed by atoms with Gasteiger partial charge in [0.15, 0.2) is 17.7 Å². The second-order valence-electron chi connectivity index (χ2n) is 7.25. The Balaban J connectivity index is 1.68. The van der Waals surface area contributed by atoms with E-state index in [1.807, 2.05) is 6.26 Å². The Bertz CT molecular complexity index is 861. The summed E-state index contributed by atoms with van der Waals surface area (Å²) in [6, 6.07) is 0. The minimum Gasteiger partial charge on any atom is -0.480 e. The van der Waals surface area contributed by atoms with Gasteiger partial charge >= 0.3 is 5.97 Å². The van der Waals surface area contributed by atoms with Crippen molar-refractivity contribution in [1.82, 2.24) is 19.5 Å². The van der Waals surface area contributed by atoms with Crippen LogP contribution in [0.5, 0.6) is 0 Å².